The number of hydrogen-bond acceptors (Lipinski definition) is 5. The number of nitrogens with one attached hydrogen (secondary N) is 2. The molecule has 0 saturated carbocycles. The van der Waals surface area contributed by atoms with Crippen LogP contribution < -0.4 is 21.1 Å². The maximum absolute atomic E-state index is 12.1. The van der Waals surface area contributed by atoms with E-state index in [1.165, 1.54) is 0 Å². The van der Waals surface area contributed by atoms with E-state index in [2.05, 4.69) is 10.6 Å². The van der Waals surface area contributed by atoms with Crippen LogP contribution >= 0.6 is 0 Å². The summed E-state index contributed by atoms with van der Waals surface area (Å²) in [6.07, 6.45) is 1.01. The Labute approximate surface area is 135 Å². The van der Waals surface area contributed by atoms with E-state index in [0.717, 1.165) is 6.42 Å². The minimum Gasteiger partial charge on any atom is -0.484 e. The molecule has 0 bridgehead atoms. The van der Waals surface area contributed by atoms with E-state index in [4.69, 9.17) is 15.2 Å². The maximum atomic E-state index is 12.1. The zero-order chi connectivity index (χ0) is 16.7. The summed E-state index contributed by atoms with van der Waals surface area (Å²) in [4.78, 5) is 23.4. The molecule has 1 aliphatic heterocycles. The summed E-state index contributed by atoms with van der Waals surface area (Å²) in [7, 11) is 0. The molecule has 0 aromatic heterocycles. The van der Waals surface area contributed by atoms with Crippen molar-refractivity contribution in [3.05, 3.63) is 24.3 Å². The third kappa shape index (κ3) is 5.22. The van der Waals surface area contributed by atoms with Crippen molar-refractivity contribution in [1.29, 1.82) is 0 Å². The SMILES string of the molecule is CCNC(=O)COc1ccc(NC(=O)[C@@H]2CC[C@H](CN)O2)cc1. The van der Waals surface area contributed by atoms with Crippen molar-refractivity contribution in [3.8, 4) is 5.75 Å². The molecular weight excluding hydrogens is 298 g/mol. The van der Waals surface area contributed by atoms with Crippen molar-refractivity contribution < 1.29 is 19.1 Å². The molecule has 1 aromatic carbocycles. The second kappa shape index (κ2) is 8.50. The Morgan fingerprint density at radius 1 is 1.30 bits per heavy atom. The van der Waals surface area contributed by atoms with Crippen LogP contribution in [-0.2, 0) is 14.3 Å². The number of benzene rings is 1. The van der Waals surface area contributed by atoms with Gasteiger partial charge in [0.05, 0.1) is 6.10 Å². The van der Waals surface area contributed by atoms with Gasteiger partial charge >= 0.3 is 0 Å². The van der Waals surface area contributed by atoms with E-state index in [1.54, 1.807) is 24.3 Å². The fraction of sp³-hybridized carbons (Fsp3) is 0.500. The topological polar surface area (TPSA) is 103 Å². The van der Waals surface area contributed by atoms with E-state index < -0.39 is 6.10 Å². The zero-order valence-corrected chi connectivity index (χ0v) is 13.2. The van der Waals surface area contributed by atoms with Crippen LogP contribution in [0.4, 0.5) is 5.69 Å². The van der Waals surface area contributed by atoms with Crippen molar-refractivity contribution in [3.63, 3.8) is 0 Å². The minimum absolute atomic E-state index is 0.0317. The summed E-state index contributed by atoms with van der Waals surface area (Å²) in [5.74, 6) is 0.226. The number of anilines is 1. The monoisotopic (exact) mass is 321 g/mol. The molecule has 1 saturated heterocycles. The van der Waals surface area contributed by atoms with Crippen LogP contribution in [0.15, 0.2) is 24.3 Å². The smallest absolute Gasteiger partial charge is 0.257 e. The number of nitrogens with two attached hydrogens (primary N) is 1. The van der Waals surface area contributed by atoms with Crippen LogP contribution in [0.3, 0.4) is 0 Å². The first-order valence-corrected chi connectivity index (χ1v) is 7.78. The first-order chi connectivity index (χ1) is 11.1. The standard InChI is InChI=1S/C16H23N3O4/c1-2-18-15(20)10-22-12-5-3-11(4-6-12)19-16(21)14-8-7-13(9-17)23-14/h3-6,13-14H,2,7-10,17H2,1H3,(H,18,20)(H,19,21)/t13-,14+/m1/s1. The molecule has 23 heavy (non-hydrogen) atoms. The second-order valence-corrected chi connectivity index (χ2v) is 5.32. The number of carbonyl (C=O) groups excluding carboxylic acids is 2. The van der Waals surface area contributed by atoms with Crippen LogP contribution in [0.2, 0.25) is 0 Å². The average Bonchev–Trinajstić information content (AvgIpc) is 3.04. The van der Waals surface area contributed by atoms with Gasteiger partial charge in [0.25, 0.3) is 11.8 Å². The molecule has 0 aliphatic carbocycles. The fourth-order valence-electron chi connectivity index (χ4n) is 2.33. The van der Waals surface area contributed by atoms with Crippen LogP contribution in [0, 0.1) is 0 Å². The van der Waals surface area contributed by atoms with Crippen molar-refractivity contribution in [2.45, 2.75) is 32.0 Å². The molecule has 1 heterocycles. The summed E-state index contributed by atoms with van der Waals surface area (Å²) in [6.45, 7) is 2.82. The van der Waals surface area contributed by atoms with Gasteiger partial charge in [0.15, 0.2) is 6.61 Å². The Morgan fingerprint density at radius 3 is 2.65 bits per heavy atom. The van der Waals surface area contributed by atoms with E-state index in [0.29, 0.717) is 30.9 Å². The Morgan fingerprint density at radius 2 is 2.04 bits per heavy atom. The van der Waals surface area contributed by atoms with Gasteiger partial charge in [-0.15, -0.1) is 0 Å². The Balaban J connectivity index is 1.80. The van der Waals surface area contributed by atoms with Gasteiger partial charge < -0.3 is 25.8 Å². The summed E-state index contributed by atoms with van der Waals surface area (Å²) in [6, 6.07) is 6.85. The minimum atomic E-state index is -0.447. The van der Waals surface area contributed by atoms with E-state index in [-0.39, 0.29) is 24.5 Å². The normalized spacial score (nSPS) is 20.1. The van der Waals surface area contributed by atoms with Gasteiger partial charge in [0.2, 0.25) is 0 Å². The number of rotatable bonds is 7. The van der Waals surface area contributed by atoms with Crippen LogP contribution in [0.25, 0.3) is 0 Å². The zero-order valence-electron chi connectivity index (χ0n) is 13.2. The Kier molecular flexibility index (Phi) is 6.37. The maximum Gasteiger partial charge on any atom is 0.257 e. The molecular formula is C16H23N3O4. The summed E-state index contributed by atoms with van der Waals surface area (Å²) in [5, 5.41) is 5.45. The number of hydrogen-bond donors (Lipinski definition) is 3. The predicted molar refractivity (Wildman–Crippen MR) is 86.2 cm³/mol. The second-order valence-electron chi connectivity index (χ2n) is 5.32. The first-order valence-electron chi connectivity index (χ1n) is 7.78. The van der Waals surface area contributed by atoms with Gasteiger partial charge in [-0.05, 0) is 44.0 Å². The molecule has 0 radical (unpaired) electrons. The predicted octanol–water partition coefficient (Wildman–Crippen LogP) is 0.646. The molecule has 2 atom stereocenters. The van der Waals surface area contributed by atoms with Gasteiger partial charge in [-0.25, -0.2) is 0 Å². The number of ether oxygens (including phenoxy) is 2. The fourth-order valence-corrected chi connectivity index (χ4v) is 2.33. The van der Waals surface area contributed by atoms with Gasteiger partial charge in [-0.3, -0.25) is 9.59 Å². The van der Waals surface area contributed by atoms with Crippen LogP contribution in [-0.4, -0.2) is 43.7 Å². The Bertz CT molecular complexity index is 533. The lowest BCUT2D eigenvalue weighted by atomic mass is 10.2. The van der Waals surface area contributed by atoms with Gasteiger partial charge in [0.1, 0.15) is 11.9 Å². The van der Waals surface area contributed by atoms with E-state index in [1.807, 2.05) is 6.92 Å². The van der Waals surface area contributed by atoms with Crippen molar-refractivity contribution in [2.24, 2.45) is 5.73 Å². The van der Waals surface area contributed by atoms with E-state index in [9.17, 15) is 9.59 Å². The first kappa shape index (κ1) is 17.2. The molecule has 4 N–H and O–H groups in total. The molecule has 126 valence electrons. The molecule has 1 aromatic rings. The van der Waals surface area contributed by atoms with Gasteiger partial charge in [0, 0.05) is 18.8 Å². The molecule has 1 fully saturated rings. The highest BCUT2D eigenvalue weighted by Crippen LogP contribution is 2.21. The number of amides is 2. The highest BCUT2D eigenvalue weighted by molar-refractivity contribution is 5.94. The quantitative estimate of drug-likeness (QED) is 0.684. The van der Waals surface area contributed by atoms with Gasteiger partial charge in [-0.1, -0.05) is 0 Å². The van der Waals surface area contributed by atoms with Crippen LogP contribution in [0.5, 0.6) is 5.75 Å². The molecule has 0 spiro atoms. The number of likely N-dealkylation sites (N-methyl/N-ethyl adjacent to an activating group) is 1. The number of carbonyl (C=O) groups is 2. The average molecular weight is 321 g/mol. The lowest BCUT2D eigenvalue weighted by Gasteiger charge is -2.13. The molecule has 1 aliphatic rings. The summed E-state index contributed by atoms with van der Waals surface area (Å²) >= 11 is 0. The van der Waals surface area contributed by atoms with Crippen molar-refractivity contribution in [1.82, 2.24) is 5.32 Å². The lowest BCUT2D eigenvalue weighted by molar-refractivity contribution is -0.126. The Hall–Kier alpha value is -2.12. The molecule has 7 nitrogen and oxygen atoms in total. The van der Waals surface area contributed by atoms with Crippen molar-refractivity contribution >= 4 is 17.5 Å². The third-order valence-electron chi connectivity index (χ3n) is 3.53. The summed E-state index contributed by atoms with van der Waals surface area (Å²) in [5.41, 5.74) is 6.19. The molecule has 2 amide bonds. The highest BCUT2D eigenvalue weighted by Gasteiger charge is 2.29. The lowest BCUT2D eigenvalue weighted by Crippen LogP contribution is -2.29. The van der Waals surface area contributed by atoms with Crippen LogP contribution in [0.1, 0.15) is 19.8 Å². The van der Waals surface area contributed by atoms with E-state index >= 15 is 0 Å². The highest BCUT2D eigenvalue weighted by atomic mass is 16.5. The molecule has 2 rings (SSSR count). The van der Waals surface area contributed by atoms with Crippen molar-refractivity contribution in [2.75, 3.05) is 25.0 Å². The van der Waals surface area contributed by atoms with Gasteiger partial charge in [-0.2, -0.15) is 0 Å². The molecule has 0 unspecified atom stereocenters. The summed E-state index contributed by atoms with van der Waals surface area (Å²) < 4.78 is 10.9. The molecule has 7 heteroatoms. The third-order valence-corrected chi connectivity index (χ3v) is 3.53. The largest absolute Gasteiger partial charge is 0.484 e.